The van der Waals surface area contributed by atoms with Crippen molar-refractivity contribution in [1.29, 1.82) is 0 Å². The van der Waals surface area contributed by atoms with Gasteiger partial charge in [0.05, 0.1) is 43.1 Å². The van der Waals surface area contributed by atoms with E-state index in [2.05, 4.69) is 9.88 Å². The number of nitrogens with one attached hydrogen (secondary N) is 1. The van der Waals surface area contributed by atoms with Crippen LogP contribution >= 0.6 is 0 Å². The molecular weight excluding hydrogens is 813 g/mol. The summed E-state index contributed by atoms with van der Waals surface area (Å²) in [7, 11) is 1.69. The van der Waals surface area contributed by atoms with Gasteiger partial charge in [0.2, 0.25) is 5.76 Å². The molecule has 15 heteroatoms. The van der Waals surface area contributed by atoms with Gasteiger partial charge in [0.25, 0.3) is 0 Å². The van der Waals surface area contributed by atoms with Gasteiger partial charge >= 0.3 is 5.97 Å². The summed E-state index contributed by atoms with van der Waals surface area (Å²) in [4.78, 5) is 46.9. The molecule has 2 fully saturated rings. The van der Waals surface area contributed by atoms with Crippen molar-refractivity contribution >= 4 is 34.5 Å². The van der Waals surface area contributed by atoms with Crippen LogP contribution in [-0.4, -0.2) is 132 Å². The van der Waals surface area contributed by atoms with Crippen LogP contribution < -0.4 is 14.2 Å². The van der Waals surface area contributed by atoms with Gasteiger partial charge in [-0.25, -0.2) is 4.79 Å². The third-order valence-corrected chi connectivity index (χ3v) is 13.4. The van der Waals surface area contributed by atoms with Gasteiger partial charge in [-0.05, 0) is 106 Å². The lowest BCUT2D eigenvalue weighted by Crippen LogP contribution is -2.54. The predicted molar refractivity (Wildman–Crippen MR) is 232 cm³/mol. The van der Waals surface area contributed by atoms with Crippen LogP contribution in [0.1, 0.15) is 92.9 Å². The quantitative estimate of drug-likeness (QED) is 0.0531. The Hall–Kier alpha value is -4.61. The van der Waals surface area contributed by atoms with Crippen molar-refractivity contribution in [3.63, 3.8) is 0 Å². The van der Waals surface area contributed by atoms with Crippen LogP contribution in [0.15, 0.2) is 47.4 Å². The maximum absolute atomic E-state index is 14.1. The molecule has 1 aromatic heterocycles. The average Bonchev–Trinajstić information content (AvgIpc) is 3.97. The van der Waals surface area contributed by atoms with E-state index in [0.717, 1.165) is 42.5 Å². The number of benzene rings is 2. The number of nitrogens with zero attached hydrogens (tertiary/aromatic N) is 1. The van der Waals surface area contributed by atoms with Crippen molar-refractivity contribution in [1.82, 2.24) is 9.88 Å². The molecular formula is C48H62N2O13. The van der Waals surface area contributed by atoms with E-state index >= 15 is 0 Å². The second kappa shape index (κ2) is 20.9. The summed E-state index contributed by atoms with van der Waals surface area (Å²) in [5, 5.41) is 55.5. The molecule has 0 unspecified atom stereocenters. The molecule has 4 heterocycles. The highest BCUT2D eigenvalue weighted by Crippen LogP contribution is 2.57. The summed E-state index contributed by atoms with van der Waals surface area (Å²) in [5.74, 6) is -2.75. The minimum Gasteiger partial charge on any atom is -0.492 e. The zero-order valence-electron chi connectivity index (χ0n) is 36.4. The van der Waals surface area contributed by atoms with E-state index in [4.69, 9.17) is 23.7 Å². The maximum Gasteiger partial charge on any atom is 0.375 e. The first kappa shape index (κ1) is 46.4. The van der Waals surface area contributed by atoms with Crippen LogP contribution in [0.25, 0.3) is 16.5 Å². The molecule has 63 heavy (non-hydrogen) atoms. The number of unbranched alkanes of at least 4 members (excludes halogenated alkanes) is 1. The highest BCUT2D eigenvalue weighted by atomic mass is 16.6. The molecule has 2 aromatic carbocycles. The largest absolute Gasteiger partial charge is 0.492 e. The van der Waals surface area contributed by atoms with Crippen LogP contribution in [0.3, 0.4) is 0 Å². The Bertz CT molecular complexity index is 2190. The third kappa shape index (κ3) is 9.33. The number of hydrogen-bond acceptors (Lipinski definition) is 14. The van der Waals surface area contributed by atoms with Crippen LogP contribution in [-0.2, 0) is 36.9 Å². The van der Waals surface area contributed by atoms with Crippen molar-refractivity contribution in [2.75, 3.05) is 66.4 Å². The van der Waals surface area contributed by atoms with E-state index < -0.39 is 48.5 Å². The summed E-state index contributed by atoms with van der Waals surface area (Å²) in [5.41, 5.74) is 1.94. The number of esters is 1. The Labute approximate surface area is 367 Å². The molecule has 1 aliphatic carbocycles. The number of rotatable bonds is 20. The fourth-order valence-corrected chi connectivity index (χ4v) is 10.2. The number of likely N-dealkylation sites (tertiary alicyclic amines) is 1. The minimum absolute atomic E-state index is 0.00276. The van der Waals surface area contributed by atoms with Crippen LogP contribution in [0.4, 0.5) is 0 Å². The number of carbonyl (C=O) groups is 3. The number of methoxy groups -OCH3 is 1. The lowest BCUT2D eigenvalue weighted by atomic mass is 9.71. The van der Waals surface area contributed by atoms with Gasteiger partial charge in [-0.15, -0.1) is 0 Å². The Kier molecular flexibility index (Phi) is 15.4. The fourth-order valence-electron chi connectivity index (χ4n) is 10.2. The summed E-state index contributed by atoms with van der Waals surface area (Å²) >= 11 is 0. The smallest absolute Gasteiger partial charge is 0.375 e. The van der Waals surface area contributed by atoms with Crippen LogP contribution in [0.5, 0.6) is 17.2 Å². The first-order chi connectivity index (χ1) is 30.6. The molecule has 342 valence electrons. The molecule has 3 aromatic rings. The molecule has 0 bridgehead atoms. The molecule has 3 aliphatic heterocycles. The summed E-state index contributed by atoms with van der Waals surface area (Å²) < 4.78 is 30.5. The number of H-pyrrole nitrogens is 1. The number of aliphatic hydroxyl groups excluding tert-OH is 4. The van der Waals surface area contributed by atoms with Gasteiger partial charge in [-0.3, -0.25) is 9.59 Å². The zero-order valence-corrected chi connectivity index (χ0v) is 36.4. The maximum atomic E-state index is 14.1. The van der Waals surface area contributed by atoms with E-state index in [0.29, 0.717) is 56.1 Å². The zero-order chi connectivity index (χ0) is 44.7. The molecule has 0 radical (unpaired) electrons. The van der Waals surface area contributed by atoms with E-state index in [-0.39, 0.29) is 103 Å². The number of piperidine rings is 1. The highest BCUT2D eigenvalue weighted by molar-refractivity contribution is 6.11. The van der Waals surface area contributed by atoms with Gasteiger partial charge in [-0.2, -0.15) is 0 Å². The molecule has 1 saturated heterocycles. The molecule has 7 rings (SSSR count). The van der Waals surface area contributed by atoms with Gasteiger partial charge in [0, 0.05) is 81.0 Å². The SMILES string of the molecule is CCOC(=O)C1=C(C=O)/C(=C2\C[C@H](CO)C(=O)[C@@H](c3ccc4[nH]ccc4c3)C2)c2c(OCCCO)c3c(c(CO)c2O1)O[C@H]([C@@](O)(CCCCO)C1CCN(CCCOC)CC1)C3. The molecule has 0 spiro atoms. The normalized spacial score (nSPS) is 22.7. The van der Waals surface area contributed by atoms with Crippen molar-refractivity contribution in [3.8, 4) is 17.2 Å². The van der Waals surface area contributed by atoms with Crippen molar-refractivity contribution in [2.45, 2.75) is 95.4 Å². The first-order valence-corrected chi connectivity index (χ1v) is 22.4. The summed E-state index contributed by atoms with van der Waals surface area (Å²) in [6, 6.07) is 7.60. The molecule has 6 N–H and O–H groups in total. The van der Waals surface area contributed by atoms with E-state index in [9.17, 15) is 39.9 Å². The standard InChI is InChI=1S/C48H62N2O13/c1-3-60-47(57)46-36(27-54)40(31-23-32(26-53)42(56)34(24-31)29-8-9-38-30(22-29)10-14-49-38)41-44(61-21-7-19-52)35-25-39(62-43(35)37(28-55)45(41)63-46)48(58,13-4-5-18-51)33-11-16-50(17-12-33)15-6-20-59-2/h8-10,14,22,27,32-34,39,49,51-53,55,58H,3-7,11-13,15-21,23-26,28H2,1-2H3/b40-31-/t32-,34-,39+,48-/m1/s1. The average molecular weight is 875 g/mol. The Morgan fingerprint density at radius 1 is 1.00 bits per heavy atom. The molecule has 1 saturated carbocycles. The number of fused-ring (bicyclic) bond motifs is 3. The van der Waals surface area contributed by atoms with Crippen molar-refractivity contribution < 1.29 is 63.6 Å². The molecule has 4 atom stereocenters. The minimum atomic E-state index is -1.36. The lowest BCUT2D eigenvalue weighted by Gasteiger charge is -2.44. The molecule has 15 nitrogen and oxygen atoms in total. The molecule has 0 amide bonds. The lowest BCUT2D eigenvalue weighted by molar-refractivity contribution is -0.141. The number of Topliss-reactive ketones (excluding diaryl/α,β-unsaturated/α-hetero) is 1. The van der Waals surface area contributed by atoms with Crippen LogP contribution in [0.2, 0.25) is 0 Å². The number of aldehydes is 1. The van der Waals surface area contributed by atoms with E-state index in [1.807, 2.05) is 30.5 Å². The van der Waals surface area contributed by atoms with Crippen molar-refractivity contribution in [3.05, 3.63) is 69.6 Å². The number of allylic oxidation sites excluding steroid dienone is 3. The van der Waals surface area contributed by atoms with Crippen molar-refractivity contribution in [2.24, 2.45) is 11.8 Å². The van der Waals surface area contributed by atoms with Gasteiger partial charge < -0.3 is 59.1 Å². The van der Waals surface area contributed by atoms with E-state index in [1.165, 1.54) is 0 Å². The van der Waals surface area contributed by atoms with Gasteiger partial charge in [0.1, 0.15) is 34.7 Å². The number of carbonyl (C=O) groups excluding carboxylic acids is 3. The monoisotopic (exact) mass is 874 g/mol. The summed E-state index contributed by atoms with van der Waals surface area (Å²) in [6.45, 7) is 3.44. The Morgan fingerprint density at radius 3 is 2.49 bits per heavy atom. The number of aliphatic hydroxyl groups is 5. The topological polar surface area (TPSA) is 218 Å². The third-order valence-electron chi connectivity index (χ3n) is 13.4. The Morgan fingerprint density at radius 2 is 1.79 bits per heavy atom. The van der Waals surface area contributed by atoms with E-state index in [1.54, 1.807) is 14.0 Å². The number of hydrogen-bond donors (Lipinski definition) is 6. The van der Waals surface area contributed by atoms with Gasteiger partial charge in [0.15, 0.2) is 6.29 Å². The van der Waals surface area contributed by atoms with Gasteiger partial charge in [-0.1, -0.05) is 11.6 Å². The Balaban J connectivity index is 1.39. The number of ether oxygens (including phenoxy) is 5. The second-order valence-electron chi connectivity index (χ2n) is 17.1. The highest BCUT2D eigenvalue weighted by Gasteiger charge is 2.51. The number of aromatic nitrogens is 1. The number of ketones is 1. The predicted octanol–water partition coefficient (Wildman–Crippen LogP) is 4.28. The summed E-state index contributed by atoms with van der Waals surface area (Å²) in [6.07, 6.45) is 5.78. The van der Waals surface area contributed by atoms with Crippen LogP contribution in [0, 0.1) is 11.8 Å². The fraction of sp³-hybridized carbons (Fsp3) is 0.562. The number of aromatic amines is 1. The molecule has 4 aliphatic rings. The first-order valence-electron chi connectivity index (χ1n) is 22.4. The second-order valence-corrected chi connectivity index (χ2v) is 17.1.